The molecule has 1 spiro atoms. The average molecular weight is 755 g/mol. The Balaban J connectivity index is 1.13. The van der Waals surface area contributed by atoms with E-state index in [1.807, 2.05) is 0 Å². The molecular formula is C56H38N2O. The lowest BCUT2D eigenvalue weighted by molar-refractivity contribution is 0.431. The molecule has 0 N–H and O–H groups in total. The van der Waals surface area contributed by atoms with E-state index in [9.17, 15) is 0 Å². The molecule has 0 bridgehead atoms. The van der Waals surface area contributed by atoms with Crippen LogP contribution >= 0.6 is 0 Å². The van der Waals surface area contributed by atoms with Gasteiger partial charge in [-0.25, -0.2) is 9.97 Å². The van der Waals surface area contributed by atoms with Gasteiger partial charge in [-0.15, -0.1) is 0 Å². The highest BCUT2D eigenvalue weighted by atomic mass is 16.5. The molecule has 8 aromatic carbocycles. The van der Waals surface area contributed by atoms with Crippen molar-refractivity contribution in [2.45, 2.75) is 24.7 Å². The largest absolute Gasteiger partial charge is 0.456 e. The number of benzene rings is 8. The molecular weight excluding hydrogens is 717 g/mol. The second-order valence-electron chi connectivity index (χ2n) is 16.0. The fraction of sp³-hybridized carbons (Fsp3) is 0.0714. The lowest BCUT2D eigenvalue weighted by atomic mass is 9.64. The van der Waals surface area contributed by atoms with Crippen LogP contribution in [0.25, 0.3) is 73.0 Å². The zero-order valence-electron chi connectivity index (χ0n) is 32.6. The molecule has 278 valence electrons. The fourth-order valence-electron chi connectivity index (χ4n) is 10.1. The average Bonchev–Trinajstić information content (AvgIpc) is 3.60. The number of fused-ring (bicyclic) bond motifs is 13. The fourth-order valence-corrected chi connectivity index (χ4v) is 10.1. The second-order valence-corrected chi connectivity index (χ2v) is 16.0. The molecule has 2 atom stereocenters. The number of allylic oxidation sites excluding steroid dienone is 1. The normalized spacial score (nSPS) is 16.8. The molecule has 1 aliphatic heterocycles. The zero-order valence-corrected chi connectivity index (χ0v) is 32.6. The summed E-state index contributed by atoms with van der Waals surface area (Å²) in [6.45, 7) is 2.33. The summed E-state index contributed by atoms with van der Waals surface area (Å²) in [4.78, 5) is 10.8. The van der Waals surface area contributed by atoms with E-state index < -0.39 is 5.41 Å². The Labute approximate surface area is 344 Å². The zero-order chi connectivity index (χ0) is 39.1. The minimum Gasteiger partial charge on any atom is -0.456 e. The lowest BCUT2D eigenvalue weighted by Gasteiger charge is -2.41. The Kier molecular flexibility index (Phi) is 7.49. The topological polar surface area (TPSA) is 35.0 Å². The Hall–Kier alpha value is -7.36. The molecule has 59 heavy (non-hydrogen) atoms. The molecule has 0 fully saturated rings. The van der Waals surface area contributed by atoms with Crippen LogP contribution in [-0.2, 0) is 5.41 Å². The van der Waals surface area contributed by atoms with Crippen LogP contribution in [0.3, 0.4) is 0 Å². The van der Waals surface area contributed by atoms with Gasteiger partial charge in [0, 0.05) is 38.8 Å². The Morgan fingerprint density at radius 3 is 1.93 bits per heavy atom. The maximum absolute atomic E-state index is 7.30. The van der Waals surface area contributed by atoms with Gasteiger partial charge in [0.2, 0.25) is 0 Å². The lowest BCUT2D eigenvalue weighted by Crippen LogP contribution is -2.33. The van der Waals surface area contributed by atoms with Crippen molar-refractivity contribution in [2.24, 2.45) is 0 Å². The highest BCUT2D eigenvalue weighted by Gasteiger charge is 2.53. The van der Waals surface area contributed by atoms with Gasteiger partial charge in [0.15, 0.2) is 5.82 Å². The number of hydrogen-bond acceptors (Lipinski definition) is 3. The van der Waals surface area contributed by atoms with Gasteiger partial charge in [0.1, 0.15) is 11.5 Å². The molecule has 2 heterocycles. The van der Waals surface area contributed by atoms with Crippen molar-refractivity contribution in [3.05, 3.63) is 221 Å². The first-order chi connectivity index (χ1) is 29.2. The van der Waals surface area contributed by atoms with Gasteiger partial charge in [-0.05, 0) is 62.7 Å². The first kappa shape index (κ1) is 33.7. The van der Waals surface area contributed by atoms with Gasteiger partial charge in [-0.2, -0.15) is 0 Å². The van der Waals surface area contributed by atoms with Crippen LogP contribution in [0.2, 0.25) is 0 Å². The first-order valence-corrected chi connectivity index (χ1v) is 20.5. The van der Waals surface area contributed by atoms with Gasteiger partial charge in [-0.3, -0.25) is 0 Å². The van der Waals surface area contributed by atoms with Crippen LogP contribution in [0.5, 0.6) is 11.5 Å². The van der Waals surface area contributed by atoms with Gasteiger partial charge < -0.3 is 4.74 Å². The third kappa shape index (κ3) is 5.01. The molecule has 0 saturated heterocycles. The summed E-state index contributed by atoms with van der Waals surface area (Å²) in [5, 5.41) is 2.29. The third-order valence-corrected chi connectivity index (χ3v) is 12.8. The maximum atomic E-state index is 7.30. The highest BCUT2D eigenvalue weighted by Crippen LogP contribution is 2.65. The Morgan fingerprint density at radius 1 is 0.508 bits per heavy atom. The van der Waals surface area contributed by atoms with Gasteiger partial charge in [-0.1, -0.05) is 195 Å². The molecule has 1 aromatic heterocycles. The molecule has 0 amide bonds. The van der Waals surface area contributed by atoms with Crippen LogP contribution in [0, 0.1) is 0 Å². The Bertz CT molecular complexity index is 3170. The van der Waals surface area contributed by atoms with Crippen LogP contribution < -0.4 is 4.74 Å². The summed E-state index contributed by atoms with van der Waals surface area (Å²) in [7, 11) is 0. The number of aromatic nitrogens is 2. The summed E-state index contributed by atoms with van der Waals surface area (Å²) in [6, 6.07) is 65.4. The predicted octanol–water partition coefficient (Wildman–Crippen LogP) is 14.3. The molecule has 3 heteroatoms. The van der Waals surface area contributed by atoms with Gasteiger partial charge in [0.25, 0.3) is 0 Å². The van der Waals surface area contributed by atoms with E-state index in [1.54, 1.807) is 0 Å². The molecule has 2 unspecified atom stereocenters. The molecule has 0 saturated carbocycles. The van der Waals surface area contributed by atoms with E-state index in [0.717, 1.165) is 62.5 Å². The van der Waals surface area contributed by atoms with E-state index >= 15 is 0 Å². The number of nitrogens with zero attached hydrogens (tertiary/aromatic N) is 2. The summed E-state index contributed by atoms with van der Waals surface area (Å²) in [5.41, 5.74) is 16.3. The molecule has 3 aliphatic rings. The maximum Gasteiger partial charge on any atom is 0.161 e. The van der Waals surface area contributed by atoms with Crippen molar-refractivity contribution >= 4 is 16.8 Å². The second kappa shape index (κ2) is 13.1. The molecule has 9 aromatic rings. The summed E-state index contributed by atoms with van der Waals surface area (Å²) >= 11 is 0. The smallest absolute Gasteiger partial charge is 0.161 e. The number of rotatable bonds is 4. The third-order valence-electron chi connectivity index (χ3n) is 12.8. The minimum atomic E-state index is -0.641. The number of ether oxygens (including phenoxy) is 1. The van der Waals surface area contributed by atoms with Crippen molar-refractivity contribution in [1.82, 2.24) is 9.97 Å². The highest BCUT2D eigenvalue weighted by molar-refractivity contribution is 5.99. The van der Waals surface area contributed by atoms with Crippen molar-refractivity contribution < 1.29 is 4.74 Å². The first-order valence-electron chi connectivity index (χ1n) is 20.5. The van der Waals surface area contributed by atoms with E-state index in [4.69, 9.17) is 14.7 Å². The van der Waals surface area contributed by atoms with Crippen LogP contribution in [0.1, 0.15) is 52.6 Å². The summed E-state index contributed by atoms with van der Waals surface area (Å²) in [5.74, 6) is 2.94. The van der Waals surface area contributed by atoms with E-state index in [0.29, 0.717) is 11.7 Å². The summed E-state index contributed by atoms with van der Waals surface area (Å²) in [6.07, 6.45) is 5.54. The van der Waals surface area contributed by atoms with Crippen LogP contribution in [-0.4, -0.2) is 9.97 Å². The monoisotopic (exact) mass is 754 g/mol. The van der Waals surface area contributed by atoms with Crippen LogP contribution in [0.4, 0.5) is 0 Å². The van der Waals surface area contributed by atoms with E-state index in [2.05, 4.69) is 201 Å². The molecule has 3 nitrogen and oxygen atoms in total. The quantitative estimate of drug-likeness (QED) is 0.179. The summed E-state index contributed by atoms with van der Waals surface area (Å²) < 4.78 is 7.30. The molecule has 12 rings (SSSR count). The number of hydrogen-bond donors (Lipinski definition) is 0. The van der Waals surface area contributed by atoms with Crippen molar-refractivity contribution in [2.75, 3.05) is 0 Å². The van der Waals surface area contributed by atoms with Crippen LogP contribution in [0.15, 0.2) is 188 Å². The van der Waals surface area contributed by atoms with E-state index in [-0.39, 0.29) is 0 Å². The van der Waals surface area contributed by atoms with Crippen molar-refractivity contribution in [3.8, 4) is 67.7 Å². The predicted molar refractivity (Wildman–Crippen MR) is 241 cm³/mol. The minimum absolute atomic E-state index is 0.315. The van der Waals surface area contributed by atoms with Crippen molar-refractivity contribution in [3.63, 3.8) is 0 Å². The van der Waals surface area contributed by atoms with Crippen molar-refractivity contribution in [1.29, 1.82) is 0 Å². The Morgan fingerprint density at radius 2 is 1.12 bits per heavy atom. The standard InChI is InChI=1S/C56H38N2O/c1-35-14-12-20-41-31-33-48-54(51(35)41)59-53-42-21-9-8-17-38(42)30-32-47(53)56(48)45-24-11-10-22-43(45)52-44(23-13-25-46(52)56)55-57-49(39-18-6-3-7-19-39)34-50(58-55)40-28-26-37(27-29-40)36-15-4-2-5-16-36/h2-13,15-35H,14H2,1H3. The van der Waals surface area contributed by atoms with Gasteiger partial charge in [0.05, 0.1) is 16.8 Å². The van der Waals surface area contributed by atoms with Gasteiger partial charge >= 0.3 is 0 Å². The molecule has 0 radical (unpaired) electrons. The van der Waals surface area contributed by atoms with E-state index in [1.165, 1.54) is 49.9 Å². The molecule has 2 aliphatic carbocycles. The SMILES string of the molecule is CC1CC=Cc2ccc3c(c21)Oc1c(ccc2ccccc12)C31c2ccccc2-c2c(-c3nc(-c4ccccc4)cc(-c4ccc(-c5ccccc5)cc4)n3)cccc21.